The predicted molar refractivity (Wildman–Crippen MR) is 54.6 cm³/mol. The molecule has 1 aliphatic heterocycles. The van der Waals surface area contributed by atoms with Crippen LogP contribution in [0.15, 0.2) is 17.3 Å². The fraction of sp³-hybridized carbons (Fsp3) is 0.625. The van der Waals surface area contributed by atoms with Gasteiger partial charge in [0.1, 0.15) is 0 Å². The Morgan fingerprint density at radius 3 is 3.27 bits per heavy atom. The van der Waals surface area contributed by atoms with E-state index in [1.807, 2.05) is 0 Å². The van der Waals surface area contributed by atoms with E-state index < -0.39 is 11.1 Å². The number of nitrogens with zero attached hydrogens (tertiary/aromatic N) is 2. The molecule has 80 valence electrons. The lowest BCUT2D eigenvalue weighted by Gasteiger charge is -2.23. The average molecular weight is 226 g/mol. The Labute approximate surface area is 91.9 Å². The summed E-state index contributed by atoms with van der Waals surface area (Å²) < 4.78 is 22.7. The van der Waals surface area contributed by atoms with Gasteiger partial charge in [0.2, 0.25) is 0 Å². The second-order valence-corrected chi connectivity index (χ2v) is 4.40. The molecule has 0 spiro atoms. The number of hydrogen-bond acceptors (Lipinski definition) is 4. The largest absolute Gasteiger partial charge is 0.379 e. The Morgan fingerprint density at radius 1 is 1.73 bits per heavy atom. The maximum absolute atomic E-state index is 11.4. The second-order valence-electron chi connectivity index (χ2n) is 3.32. The highest BCUT2D eigenvalue weighted by molar-refractivity contribution is 7.80. The number of rotatable bonds is 3. The van der Waals surface area contributed by atoms with Crippen LogP contribution in [0, 0.1) is 0 Å². The normalized spacial score (nSPS) is 23.9. The van der Waals surface area contributed by atoms with Crippen LogP contribution in [0.2, 0.25) is 0 Å². The first-order chi connectivity index (χ1) is 7.33. The first-order valence-corrected chi connectivity index (χ1v) is 5.80. The Bertz CT molecular complexity index is 351. The molecule has 1 aromatic rings. The summed E-state index contributed by atoms with van der Waals surface area (Å²) in [7, 11) is 4.89. The van der Waals surface area contributed by atoms with Crippen molar-refractivity contribution in [2.24, 2.45) is 0 Å². The van der Waals surface area contributed by atoms with Crippen LogP contribution in [-0.2, 0) is 19.9 Å². The predicted octanol–water partition coefficient (Wildman–Crippen LogP) is 0.357. The number of hydrogen-bond donors (Lipinski definition) is 0. The monoisotopic (exact) mass is 226 g/mol. The smallest absolute Gasteiger partial charge is 0.309 e. The number of ether oxygens (including phenoxy) is 1. The summed E-state index contributed by atoms with van der Waals surface area (Å²) in [6, 6.07) is 1.76. The maximum Gasteiger partial charge on any atom is 0.309 e. The van der Waals surface area contributed by atoms with E-state index in [9.17, 15) is 4.21 Å². The molecule has 0 aliphatic carbocycles. The summed E-state index contributed by atoms with van der Waals surface area (Å²) in [5.74, 6) is 0. The highest BCUT2D eigenvalue weighted by Gasteiger charge is 2.21. The molecule has 0 N–H and O–H groups in total. The van der Waals surface area contributed by atoms with Crippen LogP contribution in [0.4, 0.5) is 0 Å². The van der Waals surface area contributed by atoms with Gasteiger partial charge in [-0.25, -0.2) is 8.89 Å². The van der Waals surface area contributed by atoms with Crippen molar-refractivity contribution < 1.29 is 13.0 Å². The highest BCUT2D eigenvalue weighted by Crippen LogP contribution is 2.21. The third-order valence-electron chi connectivity index (χ3n) is 2.37. The third kappa shape index (κ3) is 2.30. The molecule has 2 unspecified atom stereocenters. The first-order valence-electron chi connectivity index (χ1n) is 4.73. The van der Waals surface area contributed by atoms with E-state index in [1.54, 1.807) is 16.9 Å². The first kappa shape index (κ1) is 10.8. The molecule has 1 fully saturated rings. The quantitative estimate of drug-likeness (QED) is 0.698. The van der Waals surface area contributed by atoms with Crippen LogP contribution in [0.5, 0.6) is 0 Å². The molecule has 2 heterocycles. The van der Waals surface area contributed by atoms with Gasteiger partial charge in [0.05, 0.1) is 18.8 Å². The molecular weight excluding hydrogens is 215 g/mol. The van der Waals surface area contributed by atoms with Gasteiger partial charge in [-0.15, -0.1) is 0 Å². The molecule has 0 saturated carbocycles. The van der Waals surface area contributed by atoms with Gasteiger partial charge in [0, 0.05) is 6.61 Å². The van der Waals surface area contributed by atoms with Crippen molar-refractivity contribution >= 4 is 19.1 Å². The minimum Gasteiger partial charge on any atom is -0.379 e. The van der Waals surface area contributed by atoms with E-state index in [0.717, 1.165) is 19.4 Å². The molecule has 1 aliphatic rings. The van der Waals surface area contributed by atoms with Crippen LogP contribution in [0.3, 0.4) is 0 Å². The topological polar surface area (TPSA) is 53.3 Å². The summed E-state index contributed by atoms with van der Waals surface area (Å²) in [5.41, 5.74) is 0. The number of aromatic nitrogens is 2. The molecule has 2 rings (SSSR count). The Hall–Kier alpha value is -0.655. The Kier molecular flexibility index (Phi) is 3.55. The zero-order valence-electron chi connectivity index (χ0n) is 8.17. The fourth-order valence-electron chi connectivity index (χ4n) is 1.67. The molecule has 0 aromatic carbocycles. The molecule has 5 nitrogen and oxygen atoms in total. The minimum absolute atomic E-state index is 0.128. The summed E-state index contributed by atoms with van der Waals surface area (Å²) in [6.07, 6.45) is 3.54. The van der Waals surface area contributed by atoms with E-state index in [1.165, 1.54) is 0 Å². The molecule has 1 aromatic heterocycles. The molecular formula is C8H11BN2O3S. The van der Waals surface area contributed by atoms with Gasteiger partial charge in [0.15, 0.2) is 16.1 Å². The van der Waals surface area contributed by atoms with Crippen molar-refractivity contribution in [3.63, 3.8) is 0 Å². The van der Waals surface area contributed by atoms with Gasteiger partial charge in [-0.3, -0.25) is 0 Å². The lowest BCUT2D eigenvalue weighted by Crippen LogP contribution is -2.24. The maximum atomic E-state index is 11.4. The van der Waals surface area contributed by atoms with Gasteiger partial charge in [0.25, 0.3) is 0 Å². The van der Waals surface area contributed by atoms with Crippen LogP contribution < -0.4 is 0 Å². The van der Waals surface area contributed by atoms with Crippen LogP contribution in [0.25, 0.3) is 0 Å². The van der Waals surface area contributed by atoms with Gasteiger partial charge < -0.3 is 8.84 Å². The Balaban J connectivity index is 2.19. The Morgan fingerprint density at radius 2 is 2.60 bits per heavy atom. The summed E-state index contributed by atoms with van der Waals surface area (Å²) >= 11 is -1.65. The molecule has 1 saturated heterocycles. The van der Waals surface area contributed by atoms with E-state index in [4.69, 9.17) is 12.8 Å². The lowest BCUT2D eigenvalue weighted by molar-refractivity contribution is 0.0517. The van der Waals surface area contributed by atoms with E-state index in [0.29, 0.717) is 11.6 Å². The SMILES string of the molecule is [B]OS(=O)c1ccnn1C1CCCOC1. The molecule has 0 bridgehead atoms. The van der Waals surface area contributed by atoms with E-state index >= 15 is 0 Å². The van der Waals surface area contributed by atoms with Crippen molar-refractivity contribution in [1.82, 2.24) is 9.78 Å². The van der Waals surface area contributed by atoms with E-state index in [-0.39, 0.29) is 6.04 Å². The van der Waals surface area contributed by atoms with Crippen LogP contribution in [0.1, 0.15) is 18.9 Å². The molecule has 0 amide bonds. The van der Waals surface area contributed by atoms with Crippen molar-refractivity contribution in [2.75, 3.05) is 13.2 Å². The molecule has 7 heteroatoms. The zero-order chi connectivity index (χ0) is 10.7. The van der Waals surface area contributed by atoms with Crippen molar-refractivity contribution in [1.29, 1.82) is 0 Å². The van der Waals surface area contributed by atoms with Gasteiger partial charge >= 0.3 is 8.05 Å². The zero-order valence-corrected chi connectivity index (χ0v) is 8.98. The average Bonchev–Trinajstić information content (AvgIpc) is 2.78. The molecule has 2 atom stereocenters. The van der Waals surface area contributed by atoms with Gasteiger partial charge in [-0.05, 0) is 18.9 Å². The summed E-state index contributed by atoms with van der Waals surface area (Å²) in [4.78, 5) is 0. The summed E-state index contributed by atoms with van der Waals surface area (Å²) in [6.45, 7) is 1.38. The van der Waals surface area contributed by atoms with Crippen LogP contribution >= 0.6 is 0 Å². The van der Waals surface area contributed by atoms with Gasteiger partial charge in [-0.1, -0.05) is 0 Å². The van der Waals surface area contributed by atoms with Crippen molar-refractivity contribution in [3.05, 3.63) is 12.3 Å². The minimum atomic E-state index is -1.65. The fourth-order valence-corrected chi connectivity index (χ4v) is 2.29. The molecule has 15 heavy (non-hydrogen) atoms. The standard InChI is InChI=1S/C8H11BN2O3S/c9-14-15(12)8-3-4-10-11(8)7-2-1-5-13-6-7/h3-4,7H,1-2,5-6H2. The van der Waals surface area contributed by atoms with Crippen molar-refractivity contribution in [3.8, 4) is 0 Å². The highest BCUT2D eigenvalue weighted by atomic mass is 32.2. The second kappa shape index (κ2) is 4.91. The molecule has 2 radical (unpaired) electrons. The lowest BCUT2D eigenvalue weighted by atomic mass is 10.1. The van der Waals surface area contributed by atoms with Crippen molar-refractivity contribution in [2.45, 2.75) is 23.9 Å². The van der Waals surface area contributed by atoms with Crippen LogP contribution in [-0.4, -0.2) is 35.3 Å². The van der Waals surface area contributed by atoms with Gasteiger partial charge in [-0.2, -0.15) is 5.10 Å². The van der Waals surface area contributed by atoms with E-state index in [2.05, 4.69) is 9.20 Å². The third-order valence-corrected chi connectivity index (χ3v) is 3.21. The summed E-state index contributed by atoms with van der Waals surface area (Å²) in [5, 5.41) is 4.60.